The fourth-order valence-corrected chi connectivity index (χ4v) is 5.02. The molecule has 8 heteroatoms. The van der Waals surface area contributed by atoms with Crippen molar-refractivity contribution in [3.63, 3.8) is 0 Å². The highest BCUT2D eigenvalue weighted by molar-refractivity contribution is 9.10. The average Bonchev–Trinajstić information content (AvgIpc) is 2.80. The van der Waals surface area contributed by atoms with E-state index in [9.17, 15) is 13.2 Å². The van der Waals surface area contributed by atoms with Gasteiger partial charge in [-0.2, -0.15) is 4.31 Å². The van der Waals surface area contributed by atoms with Gasteiger partial charge in [0.25, 0.3) is 0 Å². The molecule has 0 aromatic heterocycles. The Morgan fingerprint density at radius 3 is 2.75 bits per heavy atom. The molecule has 0 radical (unpaired) electrons. The van der Waals surface area contributed by atoms with Crippen LogP contribution in [0.5, 0.6) is 0 Å². The number of hydrogen-bond acceptors (Lipinski definition) is 3. The fourth-order valence-electron chi connectivity index (χ4n) is 2.59. The van der Waals surface area contributed by atoms with Crippen LogP contribution in [0.3, 0.4) is 0 Å². The van der Waals surface area contributed by atoms with E-state index in [4.69, 9.17) is 0 Å². The van der Waals surface area contributed by atoms with Crippen LogP contribution in [0.2, 0.25) is 0 Å². The van der Waals surface area contributed by atoms with Crippen molar-refractivity contribution in [1.29, 1.82) is 0 Å². The summed E-state index contributed by atoms with van der Waals surface area (Å²) in [6, 6.07) is 6.60. The predicted octanol–water partition coefficient (Wildman–Crippen LogP) is 0.847. The lowest BCUT2D eigenvalue weighted by Crippen LogP contribution is -2.53. The number of hydrogen-bond donors (Lipinski definition) is 1. The van der Waals surface area contributed by atoms with E-state index in [1.165, 1.54) is 4.31 Å². The van der Waals surface area contributed by atoms with Crippen LogP contribution in [0, 0.1) is 0 Å². The second kappa shape index (κ2) is 5.01. The summed E-state index contributed by atoms with van der Waals surface area (Å²) >= 11 is 3.28. The molecule has 2 fully saturated rings. The van der Waals surface area contributed by atoms with Crippen LogP contribution in [0.25, 0.3) is 0 Å². The van der Waals surface area contributed by atoms with Crippen LogP contribution in [0.4, 0.5) is 4.79 Å². The number of piperazine rings is 1. The molecule has 20 heavy (non-hydrogen) atoms. The molecule has 0 bridgehead atoms. The first-order valence-electron chi connectivity index (χ1n) is 6.29. The average molecular weight is 360 g/mol. The molecule has 2 heterocycles. The van der Waals surface area contributed by atoms with Gasteiger partial charge in [-0.05, 0) is 28.1 Å². The second-order valence-electron chi connectivity index (χ2n) is 4.83. The summed E-state index contributed by atoms with van der Waals surface area (Å²) in [6.45, 7) is 1.59. The molecule has 1 N–H and O–H groups in total. The molecular formula is C12H14BrN3O3S. The Balaban J connectivity index is 1.87. The van der Waals surface area contributed by atoms with Crippen molar-refractivity contribution in [1.82, 2.24) is 14.5 Å². The van der Waals surface area contributed by atoms with Crippen molar-refractivity contribution in [3.8, 4) is 0 Å². The Kier molecular flexibility index (Phi) is 3.47. The van der Waals surface area contributed by atoms with E-state index < -0.39 is 10.0 Å². The maximum Gasteiger partial charge on any atom is 0.317 e. The maximum absolute atomic E-state index is 12.7. The Labute approximate surface area is 125 Å². The number of amides is 2. The van der Waals surface area contributed by atoms with E-state index in [-0.39, 0.29) is 17.0 Å². The SMILES string of the molecule is O=C1NCC2CN(S(=O)(=O)c3ccccc3Br)CCN12. The number of rotatable bonds is 2. The van der Waals surface area contributed by atoms with E-state index in [1.54, 1.807) is 29.2 Å². The molecule has 3 rings (SSSR count). The standard InChI is InChI=1S/C12H14BrN3O3S/c13-10-3-1-2-4-11(10)20(18,19)15-5-6-16-9(8-15)7-14-12(16)17/h1-4,9H,5-8H2,(H,14,17). The van der Waals surface area contributed by atoms with Crippen LogP contribution >= 0.6 is 15.9 Å². The molecule has 2 amide bonds. The van der Waals surface area contributed by atoms with Crippen LogP contribution < -0.4 is 5.32 Å². The number of halogens is 1. The van der Waals surface area contributed by atoms with E-state index >= 15 is 0 Å². The molecule has 6 nitrogen and oxygen atoms in total. The van der Waals surface area contributed by atoms with E-state index in [0.717, 1.165) is 0 Å². The lowest BCUT2D eigenvalue weighted by molar-refractivity contribution is 0.164. The molecule has 1 unspecified atom stereocenters. The Morgan fingerprint density at radius 2 is 2.00 bits per heavy atom. The molecule has 2 saturated heterocycles. The topological polar surface area (TPSA) is 69.7 Å². The van der Waals surface area contributed by atoms with Gasteiger partial charge < -0.3 is 10.2 Å². The number of benzene rings is 1. The molecule has 1 aromatic carbocycles. The van der Waals surface area contributed by atoms with Crippen molar-refractivity contribution >= 4 is 32.0 Å². The van der Waals surface area contributed by atoms with Crippen molar-refractivity contribution < 1.29 is 13.2 Å². The molecular weight excluding hydrogens is 346 g/mol. The van der Waals surface area contributed by atoms with Crippen molar-refractivity contribution in [2.75, 3.05) is 26.2 Å². The van der Waals surface area contributed by atoms with Crippen molar-refractivity contribution in [3.05, 3.63) is 28.7 Å². The smallest absolute Gasteiger partial charge is 0.317 e. The summed E-state index contributed by atoms with van der Waals surface area (Å²) in [5.41, 5.74) is 0. The summed E-state index contributed by atoms with van der Waals surface area (Å²) in [7, 11) is -3.53. The first-order valence-corrected chi connectivity index (χ1v) is 8.52. The van der Waals surface area contributed by atoms with E-state index in [2.05, 4.69) is 21.2 Å². The number of fused-ring (bicyclic) bond motifs is 1. The summed E-state index contributed by atoms with van der Waals surface area (Å²) in [6.07, 6.45) is 0. The molecule has 1 atom stereocenters. The highest BCUT2D eigenvalue weighted by Gasteiger charge is 2.39. The number of nitrogens with zero attached hydrogens (tertiary/aromatic N) is 2. The Hall–Kier alpha value is -1.12. The molecule has 2 aliphatic heterocycles. The minimum atomic E-state index is -3.53. The van der Waals surface area contributed by atoms with Crippen molar-refractivity contribution in [2.45, 2.75) is 10.9 Å². The van der Waals surface area contributed by atoms with Gasteiger partial charge in [0.2, 0.25) is 10.0 Å². The summed E-state index contributed by atoms with van der Waals surface area (Å²) < 4.78 is 27.3. The van der Waals surface area contributed by atoms with Gasteiger partial charge in [-0.3, -0.25) is 0 Å². The van der Waals surface area contributed by atoms with Gasteiger partial charge in [0.05, 0.1) is 10.9 Å². The van der Waals surface area contributed by atoms with Gasteiger partial charge in [0, 0.05) is 30.7 Å². The summed E-state index contributed by atoms with van der Waals surface area (Å²) in [5, 5.41) is 2.74. The molecule has 108 valence electrons. The lowest BCUT2D eigenvalue weighted by Gasteiger charge is -2.35. The van der Waals surface area contributed by atoms with Crippen LogP contribution in [0.15, 0.2) is 33.6 Å². The van der Waals surface area contributed by atoms with E-state index in [0.29, 0.717) is 30.7 Å². The van der Waals surface area contributed by atoms with E-state index in [1.807, 2.05) is 0 Å². The third-order valence-corrected chi connectivity index (χ3v) is 6.53. The largest absolute Gasteiger partial charge is 0.336 e. The third-order valence-electron chi connectivity index (χ3n) is 3.65. The number of carbonyl (C=O) groups is 1. The van der Waals surface area contributed by atoms with Crippen LogP contribution in [-0.4, -0.2) is 55.9 Å². The zero-order valence-corrected chi connectivity index (χ0v) is 13.0. The first kappa shape index (κ1) is 13.8. The molecule has 1 aromatic rings. The van der Waals surface area contributed by atoms with Gasteiger partial charge in [-0.15, -0.1) is 0 Å². The molecule has 0 aliphatic carbocycles. The summed E-state index contributed by atoms with van der Waals surface area (Å²) in [5.74, 6) is 0. The zero-order valence-electron chi connectivity index (χ0n) is 10.6. The number of sulfonamides is 1. The van der Waals surface area contributed by atoms with Crippen molar-refractivity contribution in [2.24, 2.45) is 0 Å². The van der Waals surface area contributed by atoms with Crippen LogP contribution in [-0.2, 0) is 10.0 Å². The maximum atomic E-state index is 12.7. The minimum Gasteiger partial charge on any atom is -0.336 e. The lowest BCUT2D eigenvalue weighted by atomic mass is 10.2. The quantitative estimate of drug-likeness (QED) is 0.850. The molecule has 0 spiro atoms. The summed E-state index contributed by atoms with van der Waals surface area (Å²) in [4.78, 5) is 13.5. The molecule has 2 aliphatic rings. The first-order chi connectivity index (χ1) is 9.50. The number of carbonyl (C=O) groups excluding carboxylic acids is 1. The highest BCUT2D eigenvalue weighted by atomic mass is 79.9. The van der Waals surface area contributed by atoms with Gasteiger partial charge in [0.1, 0.15) is 0 Å². The molecule has 0 saturated carbocycles. The minimum absolute atomic E-state index is 0.0755. The Bertz CT molecular complexity index is 649. The highest BCUT2D eigenvalue weighted by Crippen LogP contribution is 2.27. The zero-order chi connectivity index (χ0) is 14.3. The fraction of sp³-hybridized carbons (Fsp3) is 0.417. The number of urea groups is 1. The number of nitrogens with one attached hydrogen (secondary N) is 1. The monoisotopic (exact) mass is 359 g/mol. The Morgan fingerprint density at radius 1 is 1.25 bits per heavy atom. The van der Waals surface area contributed by atoms with Gasteiger partial charge >= 0.3 is 6.03 Å². The third kappa shape index (κ3) is 2.21. The van der Waals surface area contributed by atoms with Gasteiger partial charge in [-0.25, -0.2) is 13.2 Å². The van der Waals surface area contributed by atoms with Gasteiger partial charge in [-0.1, -0.05) is 12.1 Å². The van der Waals surface area contributed by atoms with Crippen LogP contribution in [0.1, 0.15) is 0 Å². The second-order valence-corrected chi connectivity index (χ2v) is 7.59. The normalized spacial score (nSPS) is 23.6. The predicted molar refractivity (Wildman–Crippen MR) is 76.8 cm³/mol. The van der Waals surface area contributed by atoms with Gasteiger partial charge in [0.15, 0.2) is 0 Å².